The second-order valence-corrected chi connectivity index (χ2v) is 4.60. The van der Waals surface area contributed by atoms with Crippen LogP contribution in [0.25, 0.3) is 0 Å². The number of hydrogen-bond acceptors (Lipinski definition) is 5. The van der Waals surface area contributed by atoms with Crippen LogP contribution < -0.4 is 10.6 Å². The van der Waals surface area contributed by atoms with Crippen molar-refractivity contribution < 1.29 is 36.7 Å². The fraction of sp³-hybridized carbons (Fsp3) is 0.133. The first kappa shape index (κ1) is 18.0. The average molecular weight is 356 g/mol. The van der Waals surface area contributed by atoms with Crippen molar-refractivity contribution in [1.82, 2.24) is 5.32 Å². The predicted octanol–water partition coefficient (Wildman–Crippen LogP) is 1.61. The summed E-state index contributed by atoms with van der Waals surface area (Å²) in [5, 5.41) is 4.06. The van der Waals surface area contributed by atoms with Crippen molar-refractivity contribution in [2.45, 2.75) is 0 Å². The van der Waals surface area contributed by atoms with Gasteiger partial charge in [-0.25, -0.2) is 18.0 Å². The van der Waals surface area contributed by atoms with Crippen LogP contribution in [0.2, 0.25) is 0 Å². The van der Waals surface area contributed by atoms with Crippen molar-refractivity contribution in [2.24, 2.45) is 0 Å². The number of anilines is 1. The molecule has 0 spiro atoms. The van der Waals surface area contributed by atoms with E-state index >= 15 is 0 Å². The third kappa shape index (κ3) is 4.83. The number of furan rings is 1. The highest BCUT2D eigenvalue weighted by Crippen LogP contribution is 2.19. The van der Waals surface area contributed by atoms with Crippen LogP contribution in [0.15, 0.2) is 34.9 Å². The van der Waals surface area contributed by atoms with Gasteiger partial charge in [0.2, 0.25) is 11.7 Å². The fourth-order valence-electron chi connectivity index (χ4n) is 1.64. The number of halogens is 3. The zero-order valence-corrected chi connectivity index (χ0v) is 12.5. The minimum atomic E-state index is -1.73. The van der Waals surface area contributed by atoms with Gasteiger partial charge in [-0.15, -0.1) is 0 Å². The van der Waals surface area contributed by atoms with E-state index < -0.39 is 54.1 Å². The SMILES string of the molecule is O=C(COC(=O)c1ccco1)NCC(=O)Nc1ccc(F)c(F)c1F. The topological polar surface area (TPSA) is 97.6 Å². The lowest BCUT2D eigenvalue weighted by Crippen LogP contribution is -2.35. The van der Waals surface area contributed by atoms with Crippen LogP contribution >= 0.6 is 0 Å². The number of amides is 2. The molecule has 132 valence electrons. The van der Waals surface area contributed by atoms with Crippen LogP contribution in [-0.4, -0.2) is 30.9 Å². The van der Waals surface area contributed by atoms with Crippen LogP contribution in [0, 0.1) is 17.5 Å². The number of carbonyl (C=O) groups is 3. The van der Waals surface area contributed by atoms with Gasteiger partial charge in [0.1, 0.15) is 0 Å². The number of benzene rings is 1. The molecule has 0 radical (unpaired) electrons. The summed E-state index contributed by atoms with van der Waals surface area (Å²) in [5.74, 6) is -7.36. The summed E-state index contributed by atoms with van der Waals surface area (Å²) in [6.07, 6.45) is 1.25. The Kier molecular flexibility index (Phi) is 5.77. The maximum Gasteiger partial charge on any atom is 0.374 e. The molecular weight excluding hydrogens is 345 g/mol. The van der Waals surface area contributed by atoms with Gasteiger partial charge < -0.3 is 19.8 Å². The van der Waals surface area contributed by atoms with Gasteiger partial charge in [0.15, 0.2) is 24.1 Å². The van der Waals surface area contributed by atoms with E-state index in [1.807, 2.05) is 5.32 Å². The predicted molar refractivity (Wildman–Crippen MR) is 76.9 cm³/mol. The third-order valence-corrected chi connectivity index (χ3v) is 2.81. The van der Waals surface area contributed by atoms with E-state index in [4.69, 9.17) is 4.42 Å². The van der Waals surface area contributed by atoms with Gasteiger partial charge >= 0.3 is 5.97 Å². The molecular formula is C15H11F3N2O5. The molecule has 2 amide bonds. The molecule has 0 aliphatic carbocycles. The highest BCUT2D eigenvalue weighted by atomic mass is 19.2. The summed E-state index contributed by atoms with van der Waals surface area (Å²) in [4.78, 5) is 34.4. The molecule has 7 nitrogen and oxygen atoms in total. The van der Waals surface area contributed by atoms with Gasteiger partial charge in [-0.05, 0) is 24.3 Å². The van der Waals surface area contributed by atoms with Crippen molar-refractivity contribution in [3.05, 3.63) is 53.7 Å². The first-order chi connectivity index (χ1) is 11.9. The molecule has 0 bridgehead atoms. The highest BCUT2D eigenvalue weighted by Gasteiger charge is 2.16. The van der Waals surface area contributed by atoms with Crippen LogP contribution in [0.5, 0.6) is 0 Å². The van der Waals surface area contributed by atoms with Gasteiger partial charge in [-0.1, -0.05) is 0 Å². The molecule has 10 heteroatoms. The Labute approximate surface area is 138 Å². The van der Waals surface area contributed by atoms with Crippen molar-refractivity contribution >= 4 is 23.5 Å². The van der Waals surface area contributed by atoms with E-state index in [2.05, 4.69) is 10.1 Å². The quantitative estimate of drug-likeness (QED) is 0.605. The van der Waals surface area contributed by atoms with E-state index in [1.54, 1.807) is 0 Å². The molecule has 0 fully saturated rings. The molecule has 1 heterocycles. The Bertz CT molecular complexity index is 793. The number of ether oxygens (including phenoxy) is 1. The Balaban J connectivity index is 1.77. The van der Waals surface area contributed by atoms with E-state index in [-0.39, 0.29) is 5.76 Å². The van der Waals surface area contributed by atoms with Crippen LogP contribution in [0.4, 0.5) is 18.9 Å². The van der Waals surface area contributed by atoms with Crippen molar-refractivity contribution in [3.63, 3.8) is 0 Å². The largest absolute Gasteiger partial charge is 0.457 e. The molecule has 0 saturated heterocycles. The minimum Gasteiger partial charge on any atom is -0.457 e. The van der Waals surface area contributed by atoms with Gasteiger partial charge in [0.05, 0.1) is 18.5 Å². The maximum absolute atomic E-state index is 13.4. The first-order valence-corrected chi connectivity index (χ1v) is 6.79. The van der Waals surface area contributed by atoms with Crippen LogP contribution in [0.1, 0.15) is 10.6 Å². The summed E-state index contributed by atoms with van der Waals surface area (Å²) in [6, 6.07) is 4.27. The lowest BCUT2D eigenvalue weighted by molar-refractivity contribution is -0.126. The van der Waals surface area contributed by atoms with Crippen LogP contribution in [-0.2, 0) is 14.3 Å². The molecule has 0 atom stereocenters. The highest BCUT2D eigenvalue weighted by molar-refractivity contribution is 5.95. The first-order valence-electron chi connectivity index (χ1n) is 6.79. The Morgan fingerprint density at radius 3 is 2.48 bits per heavy atom. The molecule has 2 rings (SSSR count). The Morgan fingerprint density at radius 2 is 1.80 bits per heavy atom. The van der Waals surface area contributed by atoms with E-state index in [9.17, 15) is 27.6 Å². The molecule has 0 unspecified atom stereocenters. The molecule has 2 N–H and O–H groups in total. The monoisotopic (exact) mass is 356 g/mol. The molecule has 1 aromatic heterocycles. The molecule has 0 aliphatic rings. The van der Waals surface area contributed by atoms with Crippen molar-refractivity contribution in [1.29, 1.82) is 0 Å². The standard InChI is InChI=1S/C15H11F3N2O5/c16-8-3-4-9(14(18)13(8)17)20-11(21)6-19-12(22)7-25-15(23)10-2-1-5-24-10/h1-5H,6-7H2,(H,19,22)(H,20,21). The number of nitrogens with one attached hydrogen (secondary N) is 2. The van der Waals surface area contributed by atoms with E-state index in [0.717, 1.165) is 6.07 Å². The van der Waals surface area contributed by atoms with Crippen molar-refractivity contribution in [3.8, 4) is 0 Å². The van der Waals surface area contributed by atoms with Crippen LogP contribution in [0.3, 0.4) is 0 Å². The molecule has 0 saturated carbocycles. The zero-order chi connectivity index (χ0) is 18.4. The molecule has 25 heavy (non-hydrogen) atoms. The number of rotatable bonds is 6. The smallest absolute Gasteiger partial charge is 0.374 e. The summed E-state index contributed by atoms with van der Waals surface area (Å²) in [5.41, 5.74) is -0.581. The van der Waals surface area contributed by atoms with Crippen molar-refractivity contribution in [2.75, 3.05) is 18.5 Å². The van der Waals surface area contributed by atoms with E-state index in [1.165, 1.54) is 18.4 Å². The molecule has 1 aromatic carbocycles. The maximum atomic E-state index is 13.4. The average Bonchev–Trinajstić information content (AvgIpc) is 3.13. The lowest BCUT2D eigenvalue weighted by atomic mass is 10.2. The van der Waals surface area contributed by atoms with Gasteiger partial charge in [-0.2, -0.15) is 0 Å². The number of hydrogen-bond donors (Lipinski definition) is 2. The minimum absolute atomic E-state index is 0.0978. The second-order valence-electron chi connectivity index (χ2n) is 4.60. The van der Waals surface area contributed by atoms with Gasteiger partial charge in [0, 0.05) is 0 Å². The summed E-state index contributed by atoms with van der Waals surface area (Å²) < 4.78 is 48.6. The van der Waals surface area contributed by atoms with E-state index in [0.29, 0.717) is 6.07 Å². The summed E-state index contributed by atoms with van der Waals surface area (Å²) in [6.45, 7) is -1.28. The molecule has 2 aromatic rings. The van der Waals surface area contributed by atoms with Gasteiger partial charge in [0.25, 0.3) is 5.91 Å². The zero-order valence-electron chi connectivity index (χ0n) is 12.5. The normalized spacial score (nSPS) is 10.2. The number of esters is 1. The van der Waals surface area contributed by atoms with Gasteiger partial charge in [-0.3, -0.25) is 9.59 Å². The third-order valence-electron chi connectivity index (χ3n) is 2.81. The Morgan fingerprint density at radius 1 is 1.04 bits per heavy atom. The fourth-order valence-corrected chi connectivity index (χ4v) is 1.64. The summed E-state index contributed by atoms with van der Waals surface area (Å²) in [7, 11) is 0. The second kappa shape index (κ2) is 7.99. The molecule has 0 aliphatic heterocycles. The summed E-state index contributed by atoms with van der Waals surface area (Å²) >= 11 is 0. The lowest BCUT2D eigenvalue weighted by Gasteiger charge is -2.08. The number of carbonyl (C=O) groups excluding carboxylic acids is 3. The Hall–Kier alpha value is -3.30.